The number of carbonyl (C=O) groups excluding carboxylic acids is 2. The fraction of sp³-hybridized carbons (Fsp3) is 0.333. The summed E-state index contributed by atoms with van der Waals surface area (Å²) in [4.78, 5) is 39.9. The van der Waals surface area contributed by atoms with Crippen LogP contribution in [0.1, 0.15) is 29.6 Å². The molecular weight excluding hydrogens is 498 g/mol. The van der Waals surface area contributed by atoms with Gasteiger partial charge in [-0.1, -0.05) is 27.6 Å². The molecule has 2 amide bonds. The number of halogens is 1. The van der Waals surface area contributed by atoms with E-state index in [9.17, 15) is 14.4 Å². The third kappa shape index (κ3) is 7.24. The lowest BCUT2D eigenvalue weighted by Gasteiger charge is -2.35. The number of guanidine groups is 1. The molecule has 0 radical (unpaired) electrons. The Morgan fingerprint density at radius 2 is 1.97 bits per heavy atom. The molecule has 178 valence electrons. The summed E-state index contributed by atoms with van der Waals surface area (Å²) in [6, 6.07) is 6.28. The van der Waals surface area contributed by atoms with E-state index in [1.54, 1.807) is 24.3 Å². The highest BCUT2D eigenvalue weighted by Gasteiger charge is 2.40. The topological polar surface area (TPSA) is 178 Å². The first-order chi connectivity index (χ1) is 15.6. The van der Waals surface area contributed by atoms with Crippen molar-refractivity contribution in [1.82, 2.24) is 10.6 Å². The maximum absolute atomic E-state index is 12.7. The van der Waals surface area contributed by atoms with Crippen LogP contribution in [0.2, 0.25) is 0 Å². The second-order valence-electron chi connectivity index (χ2n) is 7.09. The number of hydrogen-bond donors (Lipinski definition) is 5. The van der Waals surface area contributed by atoms with Crippen LogP contribution < -0.4 is 22.1 Å². The van der Waals surface area contributed by atoms with Crippen molar-refractivity contribution in [3.63, 3.8) is 0 Å². The van der Waals surface area contributed by atoms with E-state index in [-0.39, 0.29) is 37.3 Å². The minimum atomic E-state index is -1.18. The zero-order valence-electron chi connectivity index (χ0n) is 18.2. The van der Waals surface area contributed by atoms with Crippen LogP contribution in [0.3, 0.4) is 0 Å². The van der Waals surface area contributed by atoms with Crippen LogP contribution in [0.15, 0.2) is 52.4 Å². The maximum Gasteiger partial charge on any atom is 0.303 e. The minimum Gasteiger partial charge on any atom is -0.494 e. The molecule has 1 aliphatic carbocycles. The molecule has 0 aliphatic heterocycles. The molecule has 0 fully saturated rings. The average Bonchev–Trinajstić information content (AvgIpc) is 2.75. The number of carbonyl (C=O) groups is 3. The van der Waals surface area contributed by atoms with Crippen molar-refractivity contribution in [1.29, 1.82) is 0 Å². The van der Waals surface area contributed by atoms with Crippen LogP contribution in [-0.2, 0) is 19.1 Å². The largest absolute Gasteiger partial charge is 0.494 e. The molecule has 7 N–H and O–H groups in total. The number of aliphatic imine (C=N–C) groups is 1. The van der Waals surface area contributed by atoms with Gasteiger partial charge in [-0.2, -0.15) is 0 Å². The quantitative estimate of drug-likeness (QED) is 0.131. The fourth-order valence-electron chi connectivity index (χ4n) is 3.23. The molecule has 1 aliphatic rings. The number of hydrogen-bond acceptors (Lipinski definition) is 6. The number of nitrogens with one attached hydrogen (secondary N) is 2. The first-order valence-electron chi connectivity index (χ1n) is 9.79. The van der Waals surface area contributed by atoms with Gasteiger partial charge in [0, 0.05) is 18.4 Å². The van der Waals surface area contributed by atoms with Crippen LogP contribution >= 0.6 is 15.9 Å². The highest BCUT2D eigenvalue weighted by molar-refractivity contribution is 9.10. The normalized spacial score (nSPS) is 17.5. The number of aliphatic carboxylic acids is 1. The monoisotopic (exact) mass is 523 g/mol. The van der Waals surface area contributed by atoms with E-state index in [0.717, 1.165) is 5.57 Å². The third-order valence-electron chi connectivity index (χ3n) is 4.59. The molecule has 2 rings (SSSR count). The van der Waals surface area contributed by atoms with Crippen LogP contribution in [0.5, 0.6) is 0 Å². The molecule has 0 heterocycles. The van der Waals surface area contributed by atoms with Crippen molar-refractivity contribution in [2.24, 2.45) is 16.5 Å². The number of ether oxygens (including phenoxy) is 2. The highest BCUT2D eigenvalue weighted by Crippen LogP contribution is 2.40. The summed E-state index contributed by atoms with van der Waals surface area (Å²) < 4.78 is 9.62. The van der Waals surface area contributed by atoms with Gasteiger partial charge in [0.2, 0.25) is 5.91 Å². The number of rotatable bonds is 10. The molecule has 0 saturated carbocycles. The van der Waals surface area contributed by atoms with Gasteiger partial charge in [-0.25, -0.2) is 4.99 Å². The fourth-order valence-corrected chi connectivity index (χ4v) is 4.17. The summed E-state index contributed by atoms with van der Waals surface area (Å²) in [5.74, 6) is -1.42. The summed E-state index contributed by atoms with van der Waals surface area (Å²) in [6.07, 6.45) is 2.14. The summed E-state index contributed by atoms with van der Waals surface area (Å²) >= 11 is 3.50. The number of nitrogens with zero attached hydrogens (tertiary/aromatic N) is 1. The number of nitrogens with two attached hydrogens (primary N) is 2. The number of methoxy groups -OCH3 is 2. The van der Waals surface area contributed by atoms with Crippen LogP contribution in [-0.4, -0.2) is 54.1 Å². The molecular formula is C21H26BrN5O6. The van der Waals surface area contributed by atoms with Gasteiger partial charge in [-0.3, -0.25) is 14.4 Å². The lowest BCUT2D eigenvalue weighted by Crippen LogP contribution is -2.50. The summed E-state index contributed by atoms with van der Waals surface area (Å²) in [5, 5.41) is 14.3. The Balaban J connectivity index is 2.09. The summed E-state index contributed by atoms with van der Waals surface area (Å²) in [6.45, 7) is -0.327. The highest BCUT2D eigenvalue weighted by atomic mass is 79.9. The van der Waals surface area contributed by atoms with Crippen LogP contribution in [0, 0.1) is 0 Å². The molecule has 0 aromatic heterocycles. The molecule has 1 aromatic carbocycles. The first kappa shape index (κ1) is 25.7. The number of benzene rings is 1. The van der Waals surface area contributed by atoms with Crippen molar-refractivity contribution in [2.45, 2.75) is 23.7 Å². The summed E-state index contributed by atoms with van der Waals surface area (Å²) in [5.41, 5.74) is 12.1. The smallest absolute Gasteiger partial charge is 0.303 e. The molecule has 33 heavy (non-hydrogen) atoms. The van der Waals surface area contributed by atoms with Crippen molar-refractivity contribution in [3.8, 4) is 0 Å². The molecule has 0 saturated heterocycles. The SMILES string of the molecule is COC1=C(OC)C(Br)(NC(=O)CNC(=O)c2cccc(N=C(N)N)c2)CC(CCC(=O)O)=C1. The predicted octanol–water partition coefficient (Wildman–Crippen LogP) is 1.23. The number of carboxylic acid groups (broad SMARTS) is 1. The lowest BCUT2D eigenvalue weighted by molar-refractivity contribution is -0.137. The lowest BCUT2D eigenvalue weighted by atomic mass is 9.94. The molecule has 0 spiro atoms. The number of alkyl halides is 1. The standard InChI is InChI=1S/C21H26BrN5O6/c1-32-15-8-12(6-7-17(29)30)10-21(22,18(15)33-2)27-16(28)11-25-19(31)13-4-3-5-14(9-13)26-20(23)24/h3-5,8-9H,6-7,10-11H2,1-2H3,(H,25,31)(H,27,28)(H,29,30)(H4,23,24,26). The second-order valence-corrected chi connectivity index (χ2v) is 8.45. The number of amides is 2. The first-order valence-corrected chi connectivity index (χ1v) is 10.6. The maximum atomic E-state index is 12.7. The average molecular weight is 524 g/mol. The van der Waals surface area contributed by atoms with Gasteiger partial charge in [0.05, 0.1) is 26.5 Å². The van der Waals surface area contributed by atoms with Crippen LogP contribution in [0.4, 0.5) is 5.69 Å². The van der Waals surface area contributed by atoms with Gasteiger partial charge in [0.25, 0.3) is 5.91 Å². The van der Waals surface area contributed by atoms with Gasteiger partial charge >= 0.3 is 5.97 Å². The Hall–Kier alpha value is -3.54. The van der Waals surface area contributed by atoms with E-state index in [2.05, 4.69) is 31.6 Å². The van der Waals surface area contributed by atoms with Gasteiger partial charge in [-0.05, 0) is 30.7 Å². The van der Waals surface area contributed by atoms with Crippen LogP contribution in [0.25, 0.3) is 0 Å². The van der Waals surface area contributed by atoms with Gasteiger partial charge in [0.15, 0.2) is 21.9 Å². The van der Waals surface area contributed by atoms with Gasteiger partial charge < -0.3 is 36.7 Å². The number of carboxylic acids is 1. The number of allylic oxidation sites excluding steroid dienone is 1. The van der Waals surface area contributed by atoms with E-state index in [4.69, 9.17) is 26.0 Å². The zero-order chi connectivity index (χ0) is 24.6. The molecule has 11 nitrogen and oxygen atoms in total. The Morgan fingerprint density at radius 1 is 1.24 bits per heavy atom. The Labute approximate surface area is 199 Å². The van der Waals surface area contributed by atoms with Crippen molar-refractivity contribution < 1.29 is 29.0 Å². The molecule has 1 atom stereocenters. The van der Waals surface area contributed by atoms with Gasteiger partial charge in [0.1, 0.15) is 0 Å². The molecule has 1 unspecified atom stereocenters. The van der Waals surface area contributed by atoms with Crippen molar-refractivity contribution in [3.05, 3.63) is 53.0 Å². The molecule has 1 aromatic rings. The Morgan fingerprint density at radius 3 is 2.58 bits per heavy atom. The van der Waals surface area contributed by atoms with Gasteiger partial charge in [-0.15, -0.1) is 0 Å². The third-order valence-corrected chi connectivity index (χ3v) is 5.43. The minimum absolute atomic E-state index is 0.0723. The van der Waals surface area contributed by atoms with E-state index < -0.39 is 22.2 Å². The molecule has 12 heteroatoms. The van der Waals surface area contributed by atoms with E-state index >= 15 is 0 Å². The predicted molar refractivity (Wildman–Crippen MR) is 125 cm³/mol. The summed E-state index contributed by atoms with van der Waals surface area (Å²) in [7, 11) is 2.87. The van der Waals surface area contributed by atoms with Crippen molar-refractivity contribution in [2.75, 3.05) is 20.8 Å². The van der Waals surface area contributed by atoms with E-state index in [1.165, 1.54) is 20.3 Å². The molecule has 0 bridgehead atoms. The van der Waals surface area contributed by atoms with E-state index in [0.29, 0.717) is 17.2 Å². The van der Waals surface area contributed by atoms with Crippen molar-refractivity contribution >= 4 is 45.4 Å². The van der Waals surface area contributed by atoms with E-state index in [1.807, 2.05) is 0 Å². The Bertz CT molecular complexity index is 1020. The zero-order valence-corrected chi connectivity index (χ0v) is 19.8. The second kappa shape index (κ2) is 11.4. The Kier molecular flexibility index (Phi) is 8.85.